The van der Waals surface area contributed by atoms with Crippen LogP contribution in [0.3, 0.4) is 0 Å². The van der Waals surface area contributed by atoms with Crippen LogP contribution in [-0.4, -0.2) is 46.2 Å². The fourth-order valence-corrected chi connectivity index (χ4v) is 4.95. The normalized spacial score (nSPS) is 15.4. The zero-order chi connectivity index (χ0) is 26.8. The van der Waals surface area contributed by atoms with E-state index in [0.29, 0.717) is 50.4 Å². The van der Waals surface area contributed by atoms with Gasteiger partial charge in [-0.3, -0.25) is 14.4 Å². The molecule has 2 heterocycles. The van der Waals surface area contributed by atoms with E-state index in [-0.39, 0.29) is 23.9 Å². The number of H-pyrrole nitrogens is 1. The molecule has 192 valence electrons. The van der Waals surface area contributed by atoms with Gasteiger partial charge in [0.05, 0.1) is 11.6 Å². The van der Waals surface area contributed by atoms with E-state index >= 15 is 0 Å². The molecule has 1 atom stereocenters. The number of nitrogens with one attached hydrogen (secondary N) is 1. The van der Waals surface area contributed by atoms with Crippen molar-refractivity contribution in [2.75, 3.05) is 19.6 Å². The zero-order valence-electron chi connectivity index (χ0n) is 20.0. The van der Waals surface area contributed by atoms with Gasteiger partial charge < -0.3 is 14.8 Å². The van der Waals surface area contributed by atoms with Crippen molar-refractivity contribution in [1.29, 1.82) is 0 Å². The fraction of sp³-hybridized carbons (Fsp3) is 0.138. The summed E-state index contributed by atoms with van der Waals surface area (Å²) in [5.41, 5.74) is 2.45. The molecule has 0 radical (unpaired) electrons. The molecular weight excluding hydrogens is 545 g/mol. The molecule has 38 heavy (non-hydrogen) atoms. The van der Waals surface area contributed by atoms with E-state index in [1.165, 1.54) is 6.20 Å². The lowest BCUT2D eigenvalue weighted by Crippen LogP contribution is -2.52. The lowest BCUT2D eigenvalue weighted by Gasteiger charge is -2.42. The third kappa shape index (κ3) is 5.48. The average Bonchev–Trinajstić information content (AvgIpc) is 2.94. The van der Waals surface area contributed by atoms with Gasteiger partial charge in [0.25, 0.3) is 17.4 Å². The van der Waals surface area contributed by atoms with Gasteiger partial charge in [0, 0.05) is 52.0 Å². The van der Waals surface area contributed by atoms with Crippen molar-refractivity contribution in [3.8, 4) is 11.1 Å². The Morgan fingerprint density at radius 3 is 1.95 bits per heavy atom. The monoisotopic (exact) mass is 565 g/mol. The first-order chi connectivity index (χ1) is 18.3. The number of hydrogen-bond acceptors (Lipinski definition) is 3. The van der Waals surface area contributed by atoms with Gasteiger partial charge in [0.1, 0.15) is 0 Å². The molecule has 0 bridgehead atoms. The first-order valence-corrected chi connectivity index (χ1v) is 13.0. The van der Waals surface area contributed by atoms with E-state index in [4.69, 9.17) is 34.8 Å². The predicted octanol–water partition coefficient (Wildman–Crippen LogP) is 6.34. The van der Waals surface area contributed by atoms with Crippen molar-refractivity contribution < 1.29 is 9.59 Å². The lowest BCUT2D eigenvalue weighted by atomic mass is 10.00. The van der Waals surface area contributed by atoms with Crippen molar-refractivity contribution in [1.82, 2.24) is 14.8 Å². The maximum absolute atomic E-state index is 13.6. The zero-order valence-corrected chi connectivity index (χ0v) is 22.3. The quantitative estimate of drug-likeness (QED) is 0.313. The molecule has 2 amide bonds. The topological polar surface area (TPSA) is 73.5 Å². The number of nitrogens with zero attached hydrogens (tertiary/aromatic N) is 2. The van der Waals surface area contributed by atoms with Crippen LogP contribution in [0, 0.1) is 0 Å². The molecule has 6 nitrogen and oxygen atoms in total. The SMILES string of the molecule is O=C(c1c[nH]c(=O)c(-c2ccc(Cl)cc2)c1)N1CCN(C(=O)c2ccc(Cl)cc2)C(c2ccc(Cl)cc2)C1. The molecule has 3 aromatic carbocycles. The summed E-state index contributed by atoms with van der Waals surface area (Å²) < 4.78 is 0. The smallest absolute Gasteiger partial charge is 0.255 e. The number of rotatable bonds is 4. The molecule has 1 unspecified atom stereocenters. The number of amides is 2. The van der Waals surface area contributed by atoms with Crippen LogP contribution in [0.5, 0.6) is 0 Å². The van der Waals surface area contributed by atoms with Gasteiger partial charge in [0.2, 0.25) is 0 Å². The van der Waals surface area contributed by atoms with Gasteiger partial charge in [0.15, 0.2) is 0 Å². The molecule has 9 heteroatoms. The standard InChI is InChI=1S/C29H22Cl3N3O3/c30-22-7-1-18(2-8-22)25-15-21(16-33-27(25)36)28(37)34-13-14-35(29(38)20-5-11-24(32)12-6-20)26(17-34)19-3-9-23(31)10-4-19/h1-12,15-16,26H,13-14,17H2,(H,33,36). The number of piperazine rings is 1. The second-order valence-electron chi connectivity index (χ2n) is 8.96. The molecule has 4 aromatic rings. The molecule has 5 rings (SSSR count). The number of hydrogen-bond donors (Lipinski definition) is 1. The van der Waals surface area contributed by atoms with Crippen LogP contribution in [0.4, 0.5) is 0 Å². The number of pyridine rings is 1. The largest absolute Gasteiger partial charge is 0.334 e. The summed E-state index contributed by atoms with van der Waals surface area (Å²) in [6, 6.07) is 22.1. The minimum atomic E-state index is -0.397. The van der Waals surface area contributed by atoms with Gasteiger partial charge in [-0.25, -0.2) is 0 Å². The van der Waals surface area contributed by atoms with E-state index in [1.807, 2.05) is 12.1 Å². The van der Waals surface area contributed by atoms with Crippen LogP contribution in [0.2, 0.25) is 15.1 Å². The minimum absolute atomic E-state index is 0.150. The highest BCUT2D eigenvalue weighted by Gasteiger charge is 2.34. The Morgan fingerprint density at radius 2 is 1.32 bits per heavy atom. The Kier molecular flexibility index (Phi) is 7.56. The fourth-order valence-electron chi connectivity index (χ4n) is 4.57. The van der Waals surface area contributed by atoms with Gasteiger partial charge in [-0.2, -0.15) is 0 Å². The number of aromatic amines is 1. The first kappa shape index (κ1) is 26.0. The molecule has 1 aliphatic rings. The highest BCUT2D eigenvalue weighted by Crippen LogP contribution is 2.30. The number of carbonyl (C=O) groups excluding carboxylic acids is 2. The third-order valence-corrected chi connectivity index (χ3v) is 7.34. The van der Waals surface area contributed by atoms with Crippen molar-refractivity contribution >= 4 is 46.6 Å². The summed E-state index contributed by atoms with van der Waals surface area (Å²) in [5.74, 6) is -0.392. The minimum Gasteiger partial charge on any atom is -0.334 e. The number of halogens is 3. The number of aromatic nitrogens is 1. The van der Waals surface area contributed by atoms with E-state index in [1.54, 1.807) is 76.5 Å². The van der Waals surface area contributed by atoms with Crippen molar-refractivity contribution in [3.63, 3.8) is 0 Å². The summed E-state index contributed by atoms with van der Waals surface area (Å²) in [6.45, 7) is 0.931. The first-order valence-electron chi connectivity index (χ1n) is 11.9. The van der Waals surface area contributed by atoms with Gasteiger partial charge in [-0.15, -0.1) is 0 Å². The summed E-state index contributed by atoms with van der Waals surface area (Å²) in [7, 11) is 0. The molecule has 0 aliphatic carbocycles. The van der Waals surface area contributed by atoms with Crippen LogP contribution in [0.25, 0.3) is 11.1 Å². The Hall–Kier alpha value is -3.58. The number of benzene rings is 3. The van der Waals surface area contributed by atoms with Crippen LogP contribution >= 0.6 is 34.8 Å². The molecule has 1 N–H and O–H groups in total. The van der Waals surface area contributed by atoms with Gasteiger partial charge >= 0.3 is 0 Å². The molecular formula is C29H22Cl3N3O3. The lowest BCUT2D eigenvalue weighted by molar-refractivity contribution is 0.0383. The third-order valence-electron chi connectivity index (χ3n) is 6.58. The second-order valence-corrected chi connectivity index (χ2v) is 10.3. The molecule has 0 saturated carbocycles. The predicted molar refractivity (Wildman–Crippen MR) is 150 cm³/mol. The second kappa shape index (κ2) is 11.0. The summed E-state index contributed by atoms with van der Waals surface area (Å²) in [6.07, 6.45) is 1.42. The van der Waals surface area contributed by atoms with E-state index < -0.39 is 6.04 Å². The van der Waals surface area contributed by atoms with E-state index in [9.17, 15) is 14.4 Å². The summed E-state index contributed by atoms with van der Waals surface area (Å²) in [4.78, 5) is 45.7. The molecule has 1 saturated heterocycles. The van der Waals surface area contributed by atoms with Crippen molar-refractivity contribution in [2.24, 2.45) is 0 Å². The Balaban J connectivity index is 1.44. The highest BCUT2D eigenvalue weighted by atomic mass is 35.5. The molecule has 1 fully saturated rings. The van der Waals surface area contributed by atoms with E-state index in [0.717, 1.165) is 5.56 Å². The highest BCUT2D eigenvalue weighted by molar-refractivity contribution is 6.31. The molecule has 1 aromatic heterocycles. The van der Waals surface area contributed by atoms with Gasteiger partial charge in [-0.1, -0.05) is 59.1 Å². The molecule has 1 aliphatic heterocycles. The Morgan fingerprint density at radius 1 is 0.737 bits per heavy atom. The van der Waals surface area contributed by atoms with Crippen molar-refractivity contribution in [3.05, 3.63) is 127 Å². The van der Waals surface area contributed by atoms with Crippen LogP contribution in [-0.2, 0) is 0 Å². The van der Waals surface area contributed by atoms with Crippen molar-refractivity contribution in [2.45, 2.75) is 6.04 Å². The average molecular weight is 567 g/mol. The van der Waals surface area contributed by atoms with Crippen LogP contribution in [0.15, 0.2) is 89.9 Å². The Bertz CT molecular complexity index is 1530. The maximum Gasteiger partial charge on any atom is 0.255 e. The Labute approximate surface area is 234 Å². The van der Waals surface area contributed by atoms with Crippen LogP contribution < -0.4 is 5.56 Å². The summed E-state index contributed by atoms with van der Waals surface area (Å²) >= 11 is 18.1. The number of carbonyl (C=O) groups is 2. The molecule has 0 spiro atoms. The van der Waals surface area contributed by atoms with Gasteiger partial charge in [-0.05, 0) is 65.7 Å². The van der Waals surface area contributed by atoms with E-state index in [2.05, 4.69) is 4.98 Å². The summed E-state index contributed by atoms with van der Waals surface area (Å²) in [5, 5.41) is 1.68. The van der Waals surface area contributed by atoms with Crippen LogP contribution in [0.1, 0.15) is 32.3 Å². The maximum atomic E-state index is 13.6.